The van der Waals surface area contributed by atoms with Crippen molar-refractivity contribution in [2.75, 3.05) is 6.26 Å². The van der Waals surface area contributed by atoms with Crippen molar-refractivity contribution in [1.82, 2.24) is 19.7 Å². The number of hydrogen-bond acceptors (Lipinski definition) is 5. The molecule has 1 unspecified atom stereocenters. The molecule has 1 atom stereocenters. The second-order valence-corrected chi connectivity index (χ2v) is 8.28. The molecule has 0 aliphatic heterocycles. The summed E-state index contributed by atoms with van der Waals surface area (Å²) in [6.45, 7) is 0. The monoisotopic (exact) mass is 350 g/mol. The Morgan fingerprint density at radius 3 is 2.68 bits per heavy atom. The Kier molecular flexibility index (Phi) is 2.82. The number of hydrogen-bond donors (Lipinski definition) is 0. The molecule has 124 valence electrons. The van der Waals surface area contributed by atoms with Crippen LogP contribution in [0.2, 0.25) is 0 Å². The van der Waals surface area contributed by atoms with Crippen LogP contribution in [0.5, 0.6) is 0 Å². The van der Waals surface area contributed by atoms with Crippen LogP contribution in [0.15, 0.2) is 53.9 Å². The zero-order chi connectivity index (χ0) is 17.2. The van der Waals surface area contributed by atoms with E-state index in [0.717, 1.165) is 18.1 Å². The molecule has 2 heterocycles. The lowest BCUT2D eigenvalue weighted by molar-refractivity contribution is 0.547. The van der Waals surface area contributed by atoms with Gasteiger partial charge in [0.2, 0.25) is 15.0 Å². The fourth-order valence-corrected chi connectivity index (χ4v) is 4.16. The molecule has 2 aromatic heterocycles. The number of rotatable bonds is 2. The quantitative estimate of drug-likeness (QED) is 0.519. The standard InChI is InChI=1S/C18H14N4O2S/c1-25(23,24)18-19-9-13-10-20-22(17(13)21-18)15-8-12-6-2-4-11-5-3-7-14(15)16(11)12/h2-7,9-10,15H,8H2,1H3. The average Bonchev–Trinajstić information content (AvgIpc) is 3.17. The molecule has 0 spiro atoms. The zero-order valence-corrected chi connectivity index (χ0v) is 14.2. The molecule has 0 fully saturated rings. The van der Waals surface area contributed by atoms with Gasteiger partial charge in [-0.2, -0.15) is 10.1 Å². The molecule has 1 aliphatic rings. The van der Waals surface area contributed by atoms with Crippen LogP contribution in [0.3, 0.4) is 0 Å². The van der Waals surface area contributed by atoms with Crippen LogP contribution in [-0.4, -0.2) is 34.4 Å². The van der Waals surface area contributed by atoms with Gasteiger partial charge in [-0.05, 0) is 28.3 Å². The lowest BCUT2D eigenvalue weighted by atomic mass is 10.0. The largest absolute Gasteiger partial charge is 0.248 e. The van der Waals surface area contributed by atoms with Crippen molar-refractivity contribution in [3.63, 3.8) is 0 Å². The van der Waals surface area contributed by atoms with Crippen molar-refractivity contribution in [2.45, 2.75) is 17.6 Å². The summed E-state index contributed by atoms with van der Waals surface area (Å²) in [5, 5.41) is 7.52. The Morgan fingerprint density at radius 1 is 1.08 bits per heavy atom. The Balaban J connectivity index is 1.74. The van der Waals surface area contributed by atoms with Crippen LogP contribution >= 0.6 is 0 Å². The zero-order valence-electron chi connectivity index (χ0n) is 13.4. The first kappa shape index (κ1) is 14.5. The van der Waals surface area contributed by atoms with Gasteiger partial charge in [-0.3, -0.25) is 0 Å². The minimum Gasteiger partial charge on any atom is -0.239 e. The molecule has 1 aliphatic carbocycles. The summed E-state index contributed by atoms with van der Waals surface area (Å²) >= 11 is 0. The summed E-state index contributed by atoms with van der Waals surface area (Å²) in [6, 6.07) is 12.6. The van der Waals surface area contributed by atoms with Crippen LogP contribution < -0.4 is 0 Å². The van der Waals surface area contributed by atoms with E-state index in [2.05, 4.69) is 45.4 Å². The number of benzene rings is 2. The summed E-state index contributed by atoms with van der Waals surface area (Å²) in [6.07, 6.45) is 5.13. The maximum Gasteiger partial charge on any atom is 0.248 e. The third-order valence-electron chi connectivity index (χ3n) is 4.73. The van der Waals surface area contributed by atoms with Gasteiger partial charge in [-0.1, -0.05) is 36.4 Å². The third kappa shape index (κ3) is 2.09. The van der Waals surface area contributed by atoms with E-state index in [1.807, 2.05) is 10.7 Å². The average molecular weight is 350 g/mol. The number of aromatic nitrogens is 4. The Morgan fingerprint density at radius 2 is 1.88 bits per heavy atom. The van der Waals surface area contributed by atoms with Gasteiger partial charge in [-0.15, -0.1) is 0 Å². The summed E-state index contributed by atoms with van der Waals surface area (Å²) in [5.41, 5.74) is 3.02. The predicted molar refractivity (Wildman–Crippen MR) is 94.2 cm³/mol. The Hall–Kier alpha value is -2.80. The fourth-order valence-electron chi connectivity index (χ4n) is 3.66. The first-order chi connectivity index (χ1) is 12.0. The highest BCUT2D eigenvalue weighted by Gasteiger charge is 2.28. The fraction of sp³-hybridized carbons (Fsp3) is 0.167. The van der Waals surface area contributed by atoms with Crippen LogP contribution in [-0.2, 0) is 16.3 Å². The highest BCUT2D eigenvalue weighted by molar-refractivity contribution is 7.90. The highest BCUT2D eigenvalue weighted by Crippen LogP contribution is 2.39. The SMILES string of the molecule is CS(=O)(=O)c1ncc2cnn(C3Cc4cccc5cccc3c45)c2n1. The van der Waals surface area contributed by atoms with E-state index < -0.39 is 9.84 Å². The van der Waals surface area contributed by atoms with E-state index in [4.69, 9.17) is 0 Å². The van der Waals surface area contributed by atoms with Gasteiger partial charge in [0.1, 0.15) is 0 Å². The normalized spacial score (nSPS) is 16.8. The molecule has 0 saturated carbocycles. The Bertz CT molecular complexity index is 1260. The van der Waals surface area contributed by atoms with E-state index in [-0.39, 0.29) is 11.2 Å². The Labute approximate surface area is 144 Å². The van der Waals surface area contributed by atoms with Crippen molar-refractivity contribution in [1.29, 1.82) is 0 Å². The van der Waals surface area contributed by atoms with Crippen molar-refractivity contribution in [2.24, 2.45) is 0 Å². The van der Waals surface area contributed by atoms with Crippen LogP contribution in [0.1, 0.15) is 17.2 Å². The molecule has 5 rings (SSSR count). The maximum absolute atomic E-state index is 11.8. The lowest BCUT2D eigenvalue weighted by Crippen LogP contribution is -2.13. The lowest BCUT2D eigenvalue weighted by Gasteiger charge is -2.13. The van der Waals surface area contributed by atoms with Crippen molar-refractivity contribution in [3.8, 4) is 0 Å². The third-order valence-corrected chi connectivity index (χ3v) is 5.59. The summed E-state index contributed by atoms with van der Waals surface area (Å²) < 4.78 is 25.4. The molecule has 0 saturated heterocycles. The molecule has 0 radical (unpaired) electrons. The van der Waals surface area contributed by atoms with E-state index in [9.17, 15) is 8.42 Å². The molecule has 7 heteroatoms. The molecule has 0 N–H and O–H groups in total. The molecule has 0 bridgehead atoms. The number of nitrogens with zero attached hydrogens (tertiary/aromatic N) is 4. The van der Waals surface area contributed by atoms with Crippen molar-refractivity contribution < 1.29 is 8.42 Å². The molecular weight excluding hydrogens is 336 g/mol. The second-order valence-electron chi connectivity index (χ2n) is 6.38. The minimum atomic E-state index is -3.47. The van der Waals surface area contributed by atoms with Gasteiger partial charge >= 0.3 is 0 Å². The molecule has 4 aromatic rings. The summed E-state index contributed by atoms with van der Waals surface area (Å²) in [5.74, 6) is 0. The number of sulfone groups is 1. The predicted octanol–water partition coefficient (Wildman–Crippen LogP) is 2.53. The van der Waals surface area contributed by atoms with E-state index in [1.54, 1.807) is 6.20 Å². The smallest absolute Gasteiger partial charge is 0.239 e. The van der Waals surface area contributed by atoms with Gasteiger partial charge in [0.05, 0.1) is 17.6 Å². The van der Waals surface area contributed by atoms with Gasteiger partial charge in [0.25, 0.3) is 0 Å². The number of fused-ring (bicyclic) bond motifs is 1. The molecule has 2 aromatic carbocycles. The van der Waals surface area contributed by atoms with Gasteiger partial charge < -0.3 is 0 Å². The molecule has 25 heavy (non-hydrogen) atoms. The van der Waals surface area contributed by atoms with Gasteiger partial charge in [0.15, 0.2) is 5.65 Å². The highest BCUT2D eigenvalue weighted by atomic mass is 32.2. The van der Waals surface area contributed by atoms with Gasteiger partial charge in [0, 0.05) is 12.5 Å². The maximum atomic E-state index is 11.8. The van der Waals surface area contributed by atoms with Crippen LogP contribution in [0.25, 0.3) is 21.8 Å². The molecule has 0 amide bonds. The summed E-state index contributed by atoms with van der Waals surface area (Å²) in [4.78, 5) is 8.22. The van der Waals surface area contributed by atoms with Gasteiger partial charge in [-0.25, -0.2) is 18.1 Å². The minimum absolute atomic E-state index is 0.000843. The summed E-state index contributed by atoms with van der Waals surface area (Å²) in [7, 11) is -3.47. The van der Waals surface area contributed by atoms with Crippen molar-refractivity contribution >= 4 is 31.6 Å². The second kappa shape index (κ2) is 4.86. The van der Waals surface area contributed by atoms with Crippen molar-refractivity contribution in [3.05, 3.63) is 59.9 Å². The molecule has 6 nitrogen and oxygen atoms in total. The van der Waals surface area contributed by atoms with Crippen LogP contribution in [0, 0.1) is 0 Å². The first-order valence-corrected chi connectivity index (χ1v) is 9.82. The van der Waals surface area contributed by atoms with Crippen LogP contribution in [0.4, 0.5) is 0 Å². The topological polar surface area (TPSA) is 77.7 Å². The van der Waals surface area contributed by atoms with E-state index >= 15 is 0 Å². The van der Waals surface area contributed by atoms with E-state index in [1.165, 1.54) is 28.1 Å². The molecular formula is C18H14N4O2S. The van der Waals surface area contributed by atoms with E-state index in [0.29, 0.717) is 5.65 Å². The first-order valence-electron chi connectivity index (χ1n) is 7.93.